The molecule has 0 heterocycles. The van der Waals surface area contributed by atoms with E-state index in [0.29, 0.717) is 11.3 Å². The zero-order valence-electron chi connectivity index (χ0n) is 15.5. The molecule has 0 radical (unpaired) electrons. The monoisotopic (exact) mass is 292 g/mol. The minimum atomic E-state index is 0.651. The third-order valence-corrected chi connectivity index (χ3v) is 6.43. The molecule has 0 aromatic rings. The van der Waals surface area contributed by atoms with Gasteiger partial charge in [0, 0.05) is 0 Å². The number of hydrogen-bond acceptors (Lipinski definition) is 0. The van der Waals surface area contributed by atoms with Crippen LogP contribution in [0.3, 0.4) is 0 Å². The Morgan fingerprint density at radius 1 is 1.14 bits per heavy atom. The van der Waals surface area contributed by atoms with Crippen LogP contribution in [0.1, 0.15) is 92.4 Å². The Bertz CT molecular complexity index is 284. The molecule has 1 fully saturated rings. The molecular formula is C21H40. The molecule has 0 nitrogen and oxygen atoms in total. The van der Waals surface area contributed by atoms with E-state index >= 15 is 0 Å². The molecule has 0 bridgehead atoms. The third-order valence-electron chi connectivity index (χ3n) is 6.43. The Kier molecular flexibility index (Phi) is 8.06. The van der Waals surface area contributed by atoms with Gasteiger partial charge in [-0.05, 0) is 54.8 Å². The fraction of sp³-hybridized carbons (Fsp3) is 0.905. The largest absolute Gasteiger partial charge is 0.103 e. The average Bonchev–Trinajstić information content (AvgIpc) is 2.46. The van der Waals surface area contributed by atoms with Crippen molar-refractivity contribution in [3.63, 3.8) is 0 Å². The number of allylic oxidation sites excluding steroid dienone is 1. The lowest BCUT2D eigenvalue weighted by Crippen LogP contribution is -2.45. The van der Waals surface area contributed by atoms with Gasteiger partial charge in [0.25, 0.3) is 0 Å². The van der Waals surface area contributed by atoms with Crippen molar-refractivity contribution >= 4 is 0 Å². The fourth-order valence-corrected chi connectivity index (χ4v) is 4.68. The first-order valence-corrected chi connectivity index (χ1v) is 9.65. The fourth-order valence-electron chi connectivity index (χ4n) is 4.68. The molecule has 124 valence electrons. The maximum Gasteiger partial charge on any atom is -0.0231 e. The predicted molar refractivity (Wildman–Crippen MR) is 96.5 cm³/mol. The van der Waals surface area contributed by atoms with E-state index in [9.17, 15) is 0 Å². The van der Waals surface area contributed by atoms with Gasteiger partial charge in [-0.25, -0.2) is 0 Å². The third kappa shape index (κ3) is 4.86. The van der Waals surface area contributed by atoms with Gasteiger partial charge >= 0.3 is 0 Å². The summed E-state index contributed by atoms with van der Waals surface area (Å²) in [6.45, 7) is 16.0. The minimum Gasteiger partial charge on any atom is -0.103 e. The quantitative estimate of drug-likeness (QED) is 0.352. The van der Waals surface area contributed by atoms with Crippen molar-refractivity contribution in [2.45, 2.75) is 92.4 Å². The summed E-state index contributed by atoms with van der Waals surface area (Å²) in [5, 5.41) is 0. The molecule has 0 saturated heterocycles. The normalized spacial score (nSPS) is 29.5. The van der Waals surface area contributed by atoms with Gasteiger partial charge in [-0.2, -0.15) is 0 Å². The zero-order valence-corrected chi connectivity index (χ0v) is 15.5. The lowest BCUT2D eigenvalue weighted by Gasteiger charge is -2.55. The molecule has 1 saturated carbocycles. The van der Waals surface area contributed by atoms with Crippen LogP contribution in [0.4, 0.5) is 0 Å². The summed E-state index contributed by atoms with van der Waals surface area (Å²) >= 11 is 0. The van der Waals surface area contributed by atoms with Gasteiger partial charge in [0.2, 0.25) is 0 Å². The van der Waals surface area contributed by atoms with Crippen LogP contribution in [-0.2, 0) is 0 Å². The second-order valence-corrected chi connectivity index (χ2v) is 7.94. The molecular weight excluding hydrogens is 252 g/mol. The van der Waals surface area contributed by atoms with Crippen molar-refractivity contribution in [2.24, 2.45) is 29.1 Å². The van der Waals surface area contributed by atoms with Gasteiger partial charge in [-0.1, -0.05) is 72.8 Å². The second kappa shape index (κ2) is 9.01. The maximum atomic E-state index is 4.10. The smallest absolute Gasteiger partial charge is 0.0231 e. The Morgan fingerprint density at radius 3 is 2.29 bits per heavy atom. The van der Waals surface area contributed by atoms with Gasteiger partial charge in [0.15, 0.2) is 0 Å². The van der Waals surface area contributed by atoms with E-state index in [0.717, 1.165) is 17.8 Å². The lowest BCUT2D eigenvalue weighted by molar-refractivity contribution is -0.0402. The van der Waals surface area contributed by atoms with Crippen LogP contribution in [0.2, 0.25) is 0 Å². The first-order valence-electron chi connectivity index (χ1n) is 9.65. The van der Waals surface area contributed by atoms with E-state index in [1.54, 1.807) is 0 Å². The van der Waals surface area contributed by atoms with Crippen LogP contribution in [-0.4, -0.2) is 0 Å². The molecule has 1 aliphatic rings. The van der Waals surface area contributed by atoms with Gasteiger partial charge in [-0.15, -0.1) is 6.58 Å². The van der Waals surface area contributed by atoms with E-state index in [4.69, 9.17) is 0 Å². The Labute approximate surface area is 134 Å². The second-order valence-electron chi connectivity index (χ2n) is 7.94. The van der Waals surface area contributed by atoms with E-state index in [2.05, 4.69) is 47.3 Å². The Hall–Kier alpha value is -0.260. The molecule has 0 aromatic heterocycles. The summed E-state index contributed by atoms with van der Waals surface area (Å²) in [4.78, 5) is 0. The number of hydrogen-bond donors (Lipinski definition) is 0. The van der Waals surface area contributed by atoms with E-state index in [1.807, 2.05) is 0 Å². The highest BCUT2D eigenvalue weighted by molar-refractivity contribution is 5.01. The highest BCUT2D eigenvalue weighted by Crippen LogP contribution is 2.58. The van der Waals surface area contributed by atoms with Crippen molar-refractivity contribution < 1.29 is 0 Å². The molecule has 0 N–H and O–H groups in total. The van der Waals surface area contributed by atoms with Crippen molar-refractivity contribution in [3.8, 4) is 0 Å². The first-order chi connectivity index (χ1) is 10.0. The molecule has 1 aliphatic carbocycles. The highest BCUT2D eigenvalue weighted by atomic mass is 14.5. The Balaban J connectivity index is 2.70. The molecule has 21 heavy (non-hydrogen) atoms. The molecule has 0 aromatic carbocycles. The zero-order chi connectivity index (χ0) is 15.9. The van der Waals surface area contributed by atoms with Crippen LogP contribution in [0, 0.1) is 29.1 Å². The van der Waals surface area contributed by atoms with E-state index < -0.39 is 0 Å². The predicted octanol–water partition coefficient (Wildman–Crippen LogP) is 7.25. The van der Waals surface area contributed by atoms with Crippen molar-refractivity contribution in [2.75, 3.05) is 0 Å². The lowest BCUT2D eigenvalue weighted by atomic mass is 9.50. The molecule has 1 rings (SSSR count). The Morgan fingerprint density at radius 2 is 1.81 bits per heavy atom. The first kappa shape index (κ1) is 18.8. The van der Waals surface area contributed by atoms with E-state index in [1.165, 1.54) is 57.8 Å². The average molecular weight is 293 g/mol. The van der Waals surface area contributed by atoms with Crippen LogP contribution >= 0.6 is 0 Å². The molecule has 3 unspecified atom stereocenters. The van der Waals surface area contributed by atoms with Crippen molar-refractivity contribution in [1.82, 2.24) is 0 Å². The van der Waals surface area contributed by atoms with Crippen molar-refractivity contribution in [3.05, 3.63) is 12.7 Å². The number of rotatable bonds is 11. The van der Waals surface area contributed by atoms with Gasteiger partial charge in [-0.3, -0.25) is 0 Å². The van der Waals surface area contributed by atoms with Crippen LogP contribution in [0.5, 0.6) is 0 Å². The molecule has 0 spiro atoms. The highest BCUT2D eigenvalue weighted by Gasteiger charge is 2.48. The summed E-state index contributed by atoms with van der Waals surface area (Å²) in [5.74, 6) is 3.47. The van der Waals surface area contributed by atoms with Gasteiger partial charge < -0.3 is 0 Å². The van der Waals surface area contributed by atoms with Crippen molar-refractivity contribution in [1.29, 1.82) is 0 Å². The molecule has 3 atom stereocenters. The molecule has 0 amide bonds. The SMILES string of the molecule is C=CC(C)C(CCC)C1(CCCC(C)CC)CC(CC)C1. The maximum absolute atomic E-state index is 4.10. The van der Waals surface area contributed by atoms with Gasteiger partial charge in [0.1, 0.15) is 0 Å². The van der Waals surface area contributed by atoms with Crippen LogP contribution in [0.15, 0.2) is 12.7 Å². The summed E-state index contributed by atoms with van der Waals surface area (Å²) < 4.78 is 0. The summed E-state index contributed by atoms with van der Waals surface area (Å²) in [6, 6.07) is 0. The van der Waals surface area contributed by atoms with Crippen LogP contribution in [0.25, 0.3) is 0 Å². The molecule has 0 heteroatoms. The molecule has 0 aliphatic heterocycles. The minimum absolute atomic E-state index is 0.651. The van der Waals surface area contributed by atoms with Crippen LogP contribution < -0.4 is 0 Å². The standard InChI is InChI=1S/C21H40/c1-7-12-20(18(6)9-3)21(15-19(10-4)16-21)14-11-13-17(5)8-2/h9,17-20H,3,7-8,10-16H2,1-2,4-6H3. The summed E-state index contributed by atoms with van der Waals surface area (Å²) in [7, 11) is 0. The summed E-state index contributed by atoms with van der Waals surface area (Å²) in [6.07, 6.45) is 15.0. The summed E-state index contributed by atoms with van der Waals surface area (Å²) in [5.41, 5.74) is 0.651. The van der Waals surface area contributed by atoms with Gasteiger partial charge in [0.05, 0.1) is 0 Å². The van der Waals surface area contributed by atoms with E-state index in [-0.39, 0.29) is 0 Å². The topological polar surface area (TPSA) is 0 Å².